The van der Waals surface area contributed by atoms with Crippen LogP contribution in [-0.4, -0.2) is 30.2 Å². The van der Waals surface area contributed by atoms with E-state index in [1.807, 2.05) is 24.3 Å². The Balaban J connectivity index is 2.02. The Kier molecular flexibility index (Phi) is 4.61. The van der Waals surface area contributed by atoms with Crippen LogP contribution in [0, 0.1) is 5.92 Å². The number of carbonyl (C=O) groups is 2. The maximum Gasteiger partial charge on any atom is 0.321 e. The predicted octanol–water partition coefficient (Wildman–Crippen LogP) is 2.26. The van der Waals surface area contributed by atoms with Crippen LogP contribution in [-0.2, 0) is 11.2 Å². The van der Waals surface area contributed by atoms with Crippen molar-refractivity contribution < 1.29 is 14.7 Å². The van der Waals surface area contributed by atoms with Gasteiger partial charge in [-0.05, 0) is 30.9 Å². The van der Waals surface area contributed by atoms with E-state index in [0.717, 1.165) is 18.5 Å². The first kappa shape index (κ1) is 14.4. The van der Waals surface area contributed by atoms with Gasteiger partial charge in [0.2, 0.25) is 0 Å². The predicted molar refractivity (Wildman–Crippen MR) is 76.9 cm³/mol. The minimum Gasteiger partial charge on any atom is -0.481 e. The Morgan fingerprint density at radius 1 is 1.40 bits per heavy atom. The van der Waals surface area contributed by atoms with E-state index < -0.39 is 11.9 Å². The van der Waals surface area contributed by atoms with Crippen LogP contribution < -0.4 is 10.2 Å². The molecule has 1 aromatic rings. The molecule has 1 aromatic carbocycles. The van der Waals surface area contributed by atoms with Crippen LogP contribution in [0.1, 0.15) is 25.3 Å². The van der Waals surface area contributed by atoms with Gasteiger partial charge < -0.3 is 10.4 Å². The highest BCUT2D eigenvalue weighted by atomic mass is 16.4. The van der Waals surface area contributed by atoms with Crippen LogP contribution in [0.2, 0.25) is 0 Å². The molecule has 0 radical (unpaired) electrons. The Morgan fingerprint density at radius 3 is 2.85 bits per heavy atom. The molecule has 5 heteroatoms. The Labute approximate surface area is 118 Å². The summed E-state index contributed by atoms with van der Waals surface area (Å²) in [6.45, 7) is 2.65. The molecule has 20 heavy (non-hydrogen) atoms. The van der Waals surface area contributed by atoms with E-state index >= 15 is 0 Å². The molecule has 0 spiro atoms. The third kappa shape index (κ3) is 3.10. The van der Waals surface area contributed by atoms with Crippen LogP contribution in [0.15, 0.2) is 24.3 Å². The normalized spacial score (nSPS) is 15.3. The summed E-state index contributed by atoms with van der Waals surface area (Å²) in [4.78, 5) is 24.9. The lowest BCUT2D eigenvalue weighted by atomic mass is 10.0. The van der Waals surface area contributed by atoms with E-state index in [1.165, 1.54) is 5.56 Å². The zero-order valence-corrected chi connectivity index (χ0v) is 11.6. The first-order valence-corrected chi connectivity index (χ1v) is 6.99. The number of urea groups is 1. The summed E-state index contributed by atoms with van der Waals surface area (Å²) >= 11 is 0. The minimum absolute atomic E-state index is 0.170. The molecule has 2 N–H and O–H groups in total. The molecule has 0 saturated heterocycles. The van der Waals surface area contributed by atoms with Crippen molar-refractivity contribution in [2.24, 2.45) is 5.92 Å². The van der Waals surface area contributed by atoms with Crippen LogP contribution in [0.3, 0.4) is 0 Å². The van der Waals surface area contributed by atoms with Gasteiger partial charge in [-0.2, -0.15) is 0 Å². The average molecular weight is 276 g/mol. The monoisotopic (exact) mass is 276 g/mol. The largest absolute Gasteiger partial charge is 0.481 e. The van der Waals surface area contributed by atoms with Gasteiger partial charge in [-0.15, -0.1) is 0 Å². The molecule has 0 fully saturated rings. The third-order valence-electron chi connectivity index (χ3n) is 3.70. The van der Waals surface area contributed by atoms with Crippen molar-refractivity contribution in [3.63, 3.8) is 0 Å². The van der Waals surface area contributed by atoms with Crippen molar-refractivity contribution in [2.75, 3.05) is 18.0 Å². The van der Waals surface area contributed by atoms with Gasteiger partial charge in [-0.25, -0.2) is 4.79 Å². The molecular formula is C15H20N2O3. The number of rotatable bonds is 4. The summed E-state index contributed by atoms with van der Waals surface area (Å²) in [5.74, 6) is -1.40. The van der Waals surface area contributed by atoms with Crippen molar-refractivity contribution in [1.82, 2.24) is 5.32 Å². The first-order chi connectivity index (χ1) is 9.63. The van der Waals surface area contributed by atoms with Crippen molar-refractivity contribution in [3.05, 3.63) is 29.8 Å². The van der Waals surface area contributed by atoms with Crippen molar-refractivity contribution >= 4 is 17.7 Å². The number of aliphatic carboxylic acids is 1. The third-order valence-corrected chi connectivity index (χ3v) is 3.70. The molecule has 1 aliphatic rings. The molecular weight excluding hydrogens is 256 g/mol. The Morgan fingerprint density at radius 2 is 2.15 bits per heavy atom. The number of aryl methyl sites for hydroxylation is 1. The Hall–Kier alpha value is -2.04. The summed E-state index contributed by atoms with van der Waals surface area (Å²) in [7, 11) is 0. The number of hydrogen-bond donors (Lipinski definition) is 2. The summed E-state index contributed by atoms with van der Waals surface area (Å²) in [6, 6.07) is 7.63. The second-order valence-corrected chi connectivity index (χ2v) is 5.01. The lowest BCUT2D eigenvalue weighted by Crippen LogP contribution is -2.45. The highest BCUT2D eigenvalue weighted by Crippen LogP contribution is 2.26. The molecule has 0 aliphatic carbocycles. The number of carbonyl (C=O) groups excluding carboxylic acids is 1. The first-order valence-electron chi connectivity index (χ1n) is 6.99. The number of para-hydroxylation sites is 1. The van der Waals surface area contributed by atoms with E-state index in [2.05, 4.69) is 5.32 Å². The topological polar surface area (TPSA) is 69.6 Å². The van der Waals surface area contributed by atoms with Gasteiger partial charge in [0.1, 0.15) is 0 Å². The fourth-order valence-corrected chi connectivity index (χ4v) is 2.46. The number of benzene rings is 1. The highest BCUT2D eigenvalue weighted by Gasteiger charge is 2.23. The van der Waals surface area contributed by atoms with Gasteiger partial charge in [-0.1, -0.05) is 25.1 Å². The van der Waals surface area contributed by atoms with Crippen LogP contribution in [0.5, 0.6) is 0 Å². The van der Waals surface area contributed by atoms with E-state index in [9.17, 15) is 9.59 Å². The van der Waals surface area contributed by atoms with Gasteiger partial charge in [0.25, 0.3) is 0 Å². The average Bonchev–Trinajstić information content (AvgIpc) is 2.46. The zero-order valence-electron chi connectivity index (χ0n) is 11.6. The zero-order chi connectivity index (χ0) is 14.5. The molecule has 108 valence electrons. The lowest BCUT2D eigenvalue weighted by Gasteiger charge is -2.29. The SMILES string of the molecule is CCC(CNC(=O)N1CCCc2ccccc21)C(=O)O. The molecule has 0 bridgehead atoms. The Bertz CT molecular complexity index is 502. The van der Waals surface area contributed by atoms with E-state index in [0.29, 0.717) is 13.0 Å². The van der Waals surface area contributed by atoms with Gasteiger partial charge in [0.15, 0.2) is 0 Å². The van der Waals surface area contributed by atoms with E-state index in [-0.39, 0.29) is 12.6 Å². The number of anilines is 1. The number of carboxylic acids is 1. The van der Waals surface area contributed by atoms with Crippen molar-refractivity contribution in [2.45, 2.75) is 26.2 Å². The van der Waals surface area contributed by atoms with E-state index in [1.54, 1.807) is 11.8 Å². The summed E-state index contributed by atoms with van der Waals surface area (Å²) in [5.41, 5.74) is 2.10. The maximum absolute atomic E-state index is 12.2. The number of fused-ring (bicyclic) bond motifs is 1. The van der Waals surface area contributed by atoms with Gasteiger partial charge in [-0.3, -0.25) is 9.69 Å². The fraction of sp³-hybridized carbons (Fsp3) is 0.467. The molecule has 1 atom stereocenters. The second kappa shape index (κ2) is 6.41. The summed E-state index contributed by atoms with van der Waals surface area (Å²) in [5, 5.41) is 11.7. The van der Waals surface area contributed by atoms with Crippen LogP contribution in [0.25, 0.3) is 0 Å². The highest BCUT2D eigenvalue weighted by molar-refractivity contribution is 5.93. The number of amides is 2. The maximum atomic E-state index is 12.2. The number of nitrogens with zero attached hydrogens (tertiary/aromatic N) is 1. The molecule has 1 aliphatic heterocycles. The fourth-order valence-electron chi connectivity index (χ4n) is 2.46. The second-order valence-electron chi connectivity index (χ2n) is 5.01. The number of nitrogens with one attached hydrogen (secondary N) is 1. The lowest BCUT2D eigenvalue weighted by molar-refractivity contribution is -0.141. The molecule has 5 nitrogen and oxygen atoms in total. The molecule has 2 rings (SSSR count). The molecule has 0 saturated carbocycles. The van der Waals surface area contributed by atoms with Crippen LogP contribution >= 0.6 is 0 Å². The molecule has 0 aromatic heterocycles. The minimum atomic E-state index is -0.869. The summed E-state index contributed by atoms with van der Waals surface area (Å²) < 4.78 is 0. The van der Waals surface area contributed by atoms with Crippen LogP contribution in [0.4, 0.5) is 10.5 Å². The molecule has 1 unspecified atom stereocenters. The van der Waals surface area contributed by atoms with Crippen molar-refractivity contribution in [1.29, 1.82) is 0 Å². The quantitative estimate of drug-likeness (QED) is 0.886. The van der Waals surface area contributed by atoms with Gasteiger partial charge >= 0.3 is 12.0 Å². The number of hydrogen-bond acceptors (Lipinski definition) is 2. The summed E-state index contributed by atoms with van der Waals surface area (Å²) in [6.07, 6.45) is 2.42. The van der Waals surface area contributed by atoms with Crippen molar-refractivity contribution in [3.8, 4) is 0 Å². The van der Waals surface area contributed by atoms with Gasteiger partial charge in [0.05, 0.1) is 5.92 Å². The van der Waals surface area contributed by atoms with Gasteiger partial charge in [0, 0.05) is 18.8 Å². The molecule has 2 amide bonds. The molecule has 1 heterocycles. The standard InChI is InChI=1S/C15H20N2O3/c1-2-11(14(18)19)10-16-15(20)17-9-5-7-12-6-3-4-8-13(12)17/h3-4,6,8,11H,2,5,7,9-10H2,1H3,(H,16,20)(H,18,19). The number of carboxylic acid groups (broad SMARTS) is 1. The smallest absolute Gasteiger partial charge is 0.321 e. The van der Waals surface area contributed by atoms with E-state index in [4.69, 9.17) is 5.11 Å².